The average Bonchev–Trinajstić information content (AvgIpc) is 2.36. The van der Waals surface area contributed by atoms with E-state index in [0.29, 0.717) is 5.56 Å². The molecule has 0 aliphatic carbocycles. The second-order valence-corrected chi connectivity index (χ2v) is 2.81. The van der Waals surface area contributed by atoms with Crippen LogP contribution in [0.5, 0.6) is 0 Å². The summed E-state index contributed by atoms with van der Waals surface area (Å²) >= 11 is 0. The summed E-state index contributed by atoms with van der Waals surface area (Å²) in [6, 6.07) is 6.01. The van der Waals surface area contributed by atoms with E-state index in [1.807, 2.05) is 19.1 Å². The van der Waals surface area contributed by atoms with Crippen LogP contribution in [-0.2, 0) is 0 Å². The van der Waals surface area contributed by atoms with Crippen molar-refractivity contribution in [3.05, 3.63) is 60.0 Å². The van der Waals surface area contributed by atoms with Gasteiger partial charge in [0.15, 0.2) is 0 Å². The van der Waals surface area contributed by atoms with Crippen LogP contribution in [0.4, 0.5) is 0 Å². The van der Waals surface area contributed by atoms with E-state index in [9.17, 15) is 0 Å². The molecule has 0 nitrogen and oxygen atoms in total. The van der Waals surface area contributed by atoms with Gasteiger partial charge in [0.1, 0.15) is 0 Å². The maximum atomic E-state index is 7.90. The molecule has 0 radical (unpaired) electrons. The van der Waals surface area contributed by atoms with Gasteiger partial charge >= 0.3 is 0 Å². The quantitative estimate of drug-likeness (QED) is 0.617. The molecule has 0 aromatic heterocycles. The van der Waals surface area contributed by atoms with E-state index < -0.39 is 0 Å². The van der Waals surface area contributed by atoms with E-state index >= 15 is 0 Å². The summed E-state index contributed by atoms with van der Waals surface area (Å²) in [6.45, 7) is 1.86. The van der Waals surface area contributed by atoms with E-state index in [-0.39, 0.29) is 35.8 Å². The molecule has 0 spiro atoms. The lowest BCUT2D eigenvalue weighted by Crippen LogP contribution is -1.80. The maximum absolute atomic E-state index is 7.90. The van der Waals surface area contributed by atoms with Gasteiger partial charge in [-0.25, -0.2) is 0 Å². The van der Waals surface area contributed by atoms with Crippen LogP contribution < -0.4 is 0 Å². The number of hydrogen-bond acceptors (Lipinski definition) is 0. The second-order valence-electron chi connectivity index (χ2n) is 2.81. The van der Waals surface area contributed by atoms with Crippen LogP contribution in [0, 0.1) is 6.92 Å². The molecule has 0 N–H and O–H groups in total. The molecule has 2 rings (SSSR count). The standard InChI is InChI=1S/C13H12/c1-11-7-5-6-10-13(11)12-8-3-2-4-9-12/h2-10H,1H3/i2D,3D,4D,8D,9D. The third kappa shape index (κ3) is 1.62. The summed E-state index contributed by atoms with van der Waals surface area (Å²) in [5, 5.41) is 0. The topological polar surface area (TPSA) is 0 Å². The van der Waals surface area contributed by atoms with Gasteiger partial charge in [0.25, 0.3) is 0 Å². The van der Waals surface area contributed by atoms with Gasteiger partial charge in [-0.05, 0) is 23.6 Å². The molecular formula is C13H12. The van der Waals surface area contributed by atoms with Crippen molar-refractivity contribution in [2.75, 3.05) is 0 Å². The molecule has 0 atom stereocenters. The Bertz CT molecular complexity index is 590. The zero-order valence-corrected chi connectivity index (χ0v) is 7.31. The van der Waals surface area contributed by atoms with Gasteiger partial charge < -0.3 is 0 Å². The maximum Gasteiger partial charge on any atom is 0.0629 e. The Morgan fingerprint density at radius 3 is 2.38 bits per heavy atom. The van der Waals surface area contributed by atoms with Crippen molar-refractivity contribution in [2.24, 2.45) is 0 Å². The first-order valence-electron chi connectivity index (χ1n) is 6.58. The van der Waals surface area contributed by atoms with Gasteiger partial charge in [-0.3, -0.25) is 0 Å². The van der Waals surface area contributed by atoms with Crippen molar-refractivity contribution in [1.82, 2.24) is 0 Å². The van der Waals surface area contributed by atoms with Crippen molar-refractivity contribution in [2.45, 2.75) is 6.92 Å². The highest BCUT2D eigenvalue weighted by Crippen LogP contribution is 2.21. The molecule has 0 bridgehead atoms. The molecule has 0 heterocycles. The van der Waals surface area contributed by atoms with Crippen molar-refractivity contribution >= 4 is 0 Å². The highest BCUT2D eigenvalue weighted by molar-refractivity contribution is 5.66. The van der Waals surface area contributed by atoms with Crippen molar-refractivity contribution in [3.63, 3.8) is 0 Å². The minimum absolute atomic E-state index is 0.157. The van der Waals surface area contributed by atoms with E-state index in [1.165, 1.54) is 0 Å². The van der Waals surface area contributed by atoms with E-state index in [1.54, 1.807) is 12.1 Å². The highest BCUT2D eigenvalue weighted by atomic mass is 14.0. The summed E-state index contributed by atoms with van der Waals surface area (Å²) in [7, 11) is 0. The van der Waals surface area contributed by atoms with E-state index in [4.69, 9.17) is 6.85 Å². The number of hydrogen-bond donors (Lipinski definition) is 0. The minimum Gasteiger partial charge on any atom is -0.0622 e. The van der Waals surface area contributed by atoms with Gasteiger partial charge in [0.2, 0.25) is 0 Å². The smallest absolute Gasteiger partial charge is 0.0622 e. The molecule has 2 aromatic carbocycles. The van der Waals surface area contributed by atoms with Gasteiger partial charge in [0, 0.05) is 0 Å². The van der Waals surface area contributed by atoms with Crippen LogP contribution in [0.25, 0.3) is 11.1 Å². The second kappa shape index (κ2) is 3.44. The highest BCUT2D eigenvalue weighted by Gasteiger charge is 1.97. The van der Waals surface area contributed by atoms with Gasteiger partial charge in [-0.15, -0.1) is 0 Å². The lowest BCUT2D eigenvalue weighted by molar-refractivity contribution is 1.46. The predicted molar refractivity (Wildman–Crippen MR) is 56.6 cm³/mol. The van der Waals surface area contributed by atoms with Crippen molar-refractivity contribution in [1.29, 1.82) is 0 Å². The Labute approximate surface area is 85.9 Å². The predicted octanol–water partition coefficient (Wildman–Crippen LogP) is 3.66. The average molecular weight is 173 g/mol. The molecule has 0 fully saturated rings. The lowest BCUT2D eigenvalue weighted by atomic mass is 10.0. The fourth-order valence-electron chi connectivity index (χ4n) is 1.24. The summed E-state index contributed by atoms with van der Waals surface area (Å²) in [5.41, 5.74) is 1.82. The lowest BCUT2D eigenvalue weighted by Gasteiger charge is -2.04. The Morgan fingerprint density at radius 1 is 1.00 bits per heavy atom. The molecule has 0 unspecified atom stereocenters. The van der Waals surface area contributed by atoms with Crippen LogP contribution >= 0.6 is 0 Å². The van der Waals surface area contributed by atoms with Gasteiger partial charge in [-0.2, -0.15) is 0 Å². The Hall–Kier alpha value is -1.56. The monoisotopic (exact) mass is 173 g/mol. The third-order valence-electron chi connectivity index (χ3n) is 1.91. The van der Waals surface area contributed by atoms with E-state index in [2.05, 4.69) is 0 Å². The zero-order chi connectivity index (χ0) is 13.4. The fourth-order valence-corrected chi connectivity index (χ4v) is 1.24. The Balaban J connectivity index is 2.85. The normalized spacial score (nSPS) is 15.3. The molecule has 0 amide bonds. The molecule has 0 aliphatic heterocycles. The molecule has 64 valence electrons. The number of aryl methyl sites for hydroxylation is 1. The largest absolute Gasteiger partial charge is 0.0629 e. The molecule has 0 aliphatic rings. The first-order valence-corrected chi connectivity index (χ1v) is 4.08. The summed E-state index contributed by atoms with van der Waals surface area (Å²) < 4.78 is 38.6. The first-order chi connectivity index (χ1) is 8.45. The molecule has 2 aromatic rings. The molecular weight excluding hydrogens is 156 g/mol. The Kier molecular flexibility index (Phi) is 1.09. The van der Waals surface area contributed by atoms with Crippen molar-refractivity contribution in [3.8, 4) is 11.1 Å². The molecule has 0 saturated carbocycles. The summed E-state index contributed by atoms with van der Waals surface area (Å²) in [5.74, 6) is 0. The zero-order valence-electron chi connectivity index (χ0n) is 12.3. The van der Waals surface area contributed by atoms with Crippen molar-refractivity contribution < 1.29 is 6.85 Å². The Morgan fingerprint density at radius 2 is 1.69 bits per heavy atom. The van der Waals surface area contributed by atoms with Crippen LogP contribution in [0.15, 0.2) is 54.5 Å². The first kappa shape index (κ1) is 4.10. The van der Waals surface area contributed by atoms with Crippen LogP contribution in [-0.4, -0.2) is 0 Å². The molecule has 0 saturated heterocycles. The molecule has 0 heteroatoms. The SMILES string of the molecule is [2H]c1c([2H])c([2H])c(-c2ccccc2C)c([2H])c1[2H]. The van der Waals surface area contributed by atoms with Crippen LogP contribution in [0.1, 0.15) is 12.4 Å². The summed E-state index contributed by atoms with van der Waals surface area (Å²) in [6.07, 6.45) is 0. The fraction of sp³-hybridized carbons (Fsp3) is 0.0769. The molecule has 13 heavy (non-hydrogen) atoms. The summed E-state index contributed by atoms with van der Waals surface area (Å²) in [4.78, 5) is 0. The van der Waals surface area contributed by atoms with Crippen LogP contribution in [0.2, 0.25) is 0 Å². The van der Waals surface area contributed by atoms with Gasteiger partial charge in [-0.1, -0.05) is 54.5 Å². The van der Waals surface area contributed by atoms with Crippen LogP contribution in [0.3, 0.4) is 0 Å². The minimum atomic E-state index is -0.359. The number of benzene rings is 2. The van der Waals surface area contributed by atoms with E-state index in [0.717, 1.165) is 5.56 Å². The van der Waals surface area contributed by atoms with Gasteiger partial charge in [0.05, 0.1) is 6.85 Å². The third-order valence-corrected chi connectivity index (χ3v) is 1.91. The number of rotatable bonds is 1.